The van der Waals surface area contributed by atoms with Crippen LogP contribution >= 0.6 is 11.6 Å². The maximum Gasteiger partial charge on any atom is 0.328 e. The van der Waals surface area contributed by atoms with Crippen molar-refractivity contribution in [1.29, 1.82) is 0 Å². The van der Waals surface area contributed by atoms with E-state index in [1.54, 1.807) is 54.3 Å². The van der Waals surface area contributed by atoms with Crippen LogP contribution in [0.3, 0.4) is 0 Å². The first-order valence-corrected chi connectivity index (χ1v) is 11.6. The summed E-state index contributed by atoms with van der Waals surface area (Å²) >= 11 is 6.08. The molecule has 0 N–H and O–H groups in total. The van der Waals surface area contributed by atoms with E-state index in [2.05, 4.69) is 10.1 Å². The van der Waals surface area contributed by atoms with Crippen molar-refractivity contribution in [3.05, 3.63) is 59.5 Å². The molecule has 1 unspecified atom stereocenters. The molecule has 1 aliphatic heterocycles. The van der Waals surface area contributed by atoms with Gasteiger partial charge in [0.15, 0.2) is 5.82 Å². The monoisotopic (exact) mass is 460 g/mol. The molecular weight excluding hydrogens is 440 g/mol. The van der Waals surface area contributed by atoms with Gasteiger partial charge in [-0.05, 0) is 38.0 Å². The number of nitrogens with zero attached hydrogens (tertiary/aromatic N) is 4. The van der Waals surface area contributed by atoms with Crippen LogP contribution in [-0.2, 0) is 19.4 Å². The molecule has 1 atom stereocenters. The van der Waals surface area contributed by atoms with E-state index in [9.17, 15) is 13.2 Å². The van der Waals surface area contributed by atoms with Crippen LogP contribution in [0, 0.1) is 6.92 Å². The quantitative estimate of drug-likeness (QED) is 0.426. The lowest BCUT2D eigenvalue weighted by Crippen LogP contribution is -2.38. The van der Waals surface area contributed by atoms with Crippen molar-refractivity contribution < 1.29 is 17.9 Å². The van der Waals surface area contributed by atoms with Gasteiger partial charge in [-0.2, -0.15) is 5.10 Å². The number of aromatic nitrogens is 3. The fourth-order valence-corrected chi connectivity index (χ4v) is 5.68. The van der Waals surface area contributed by atoms with Crippen molar-refractivity contribution in [2.45, 2.75) is 35.6 Å². The molecule has 0 bridgehead atoms. The maximum atomic E-state index is 13.7. The molecule has 2 aromatic heterocycles. The molecule has 3 heterocycles. The Morgan fingerprint density at radius 1 is 1.23 bits per heavy atom. The Kier molecular flexibility index (Phi) is 5.72. The van der Waals surface area contributed by atoms with Crippen molar-refractivity contribution in [3.8, 4) is 5.69 Å². The highest BCUT2D eigenvalue weighted by Crippen LogP contribution is 2.38. The number of hydrogen-bond acceptors (Lipinski definition) is 7. The lowest BCUT2D eigenvalue weighted by molar-refractivity contribution is -0.141. The summed E-state index contributed by atoms with van der Waals surface area (Å²) in [7, 11) is -2.59. The van der Waals surface area contributed by atoms with Gasteiger partial charge in [0, 0.05) is 18.8 Å². The molecule has 1 aliphatic rings. The van der Waals surface area contributed by atoms with Crippen LogP contribution < -0.4 is 4.90 Å². The number of anilines is 1. The number of hydrogen-bond donors (Lipinski definition) is 0. The number of sulfone groups is 1. The zero-order chi connectivity index (χ0) is 22.2. The Morgan fingerprint density at radius 2 is 1.97 bits per heavy atom. The molecule has 0 amide bonds. The van der Waals surface area contributed by atoms with Gasteiger partial charge < -0.3 is 9.64 Å². The predicted molar refractivity (Wildman–Crippen MR) is 115 cm³/mol. The van der Waals surface area contributed by atoms with Gasteiger partial charge in [-0.15, -0.1) is 0 Å². The van der Waals surface area contributed by atoms with Crippen molar-refractivity contribution in [3.63, 3.8) is 0 Å². The number of carbonyl (C=O) groups is 1. The summed E-state index contributed by atoms with van der Waals surface area (Å²) < 4.78 is 33.8. The van der Waals surface area contributed by atoms with Crippen molar-refractivity contribution in [2.24, 2.45) is 0 Å². The van der Waals surface area contributed by atoms with E-state index >= 15 is 0 Å². The number of methoxy groups -OCH3 is 1. The lowest BCUT2D eigenvalue weighted by Gasteiger charge is -2.26. The van der Waals surface area contributed by atoms with E-state index in [0.717, 1.165) is 0 Å². The number of carbonyl (C=O) groups excluding carboxylic acids is 1. The van der Waals surface area contributed by atoms with Crippen molar-refractivity contribution >= 4 is 33.2 Å². The summed E-state index contributed by atoms with van der Waals surface area (Å²) in [6.45, 7) is 2.13. The van der Waals surface area contributed by atoms with E-state index < -0.39 is 21.8 Å². The fourth-order valence-electron chi connectivity index (χ4n) is 3.89. The molecule has 1 aromatic carbocycles. The summed E-state index contributed by atoms with van der Waals surface area (Å²) in [5.41, 5.74) is 0.866. The molecule has 1 fully saturated rings. The number of rotatable bonds is 5. The molecule has 1 saturated heterocycles. The third-order valence-corrected chi connectivity index (χ3v) is 7.37. The smallest absolute Gasteiger partial charge is 0.328 e. The van der Waals surface area contributed by atoms with E-state index in [1.165, 1.54) is 18.0 Å². The SMILES string of the molecule is COC(=O)C1CCCN1c1c(S(=O)(=O)c2ccccc2)c(C)nn1-c1ccnc(Cl)c1. The van der Waals surface area contributed by atoms with Gasteiger partial charge in [-0.25, -0.2) is 22.9 Å². The molecule has 31 heavy (non-hydrogen) atoms. The molecular formula is C21H21ClN4O4S. The Bertz CT molecular complexity index is 1230. The Hall–Kier alpha value is -2.91. The first kappa shape index (κ1) is 21.3. The third-order valence-electron chi connectivity index (χ3n) is 5.26. The second kappa shape index (κ2) is 8.32. The largest absolute Gasteiger partial charge is 0.467 e. The average Bonchev–Trinajstić information content (AvgIpc) is 3.38. The predicted octanol–water partition coefficient (Wildman–Crippen LogP) is 3.20. The zero-order valence-electron chi connectivity index (χ0n) is 17.0. The second-order valence-electron chi connectivity index (χ2n) is 7.18. The van der Waals surface area contributed by atoms with Crippen molar-refractivity contribution in [2.75, 3.05) is 18.6 Å². The minimum atomic E-state index is -3.92. The lowest BCUT2D eigenvalue weighted by atomic mass is 10.2. The molecule has 3 aromatic rings. The Balaban J connectivity index is 1.99. The highest BCUT2D eigenvalue weighted by molar-refractivity contribution is 7.91. The number of esters is 1. The molecule has 10 heteroatoms. The number of aryl methyl sites for hydroxylation is 1. The standard InChI is InChI=1S/C21H21ClN4O4S/c1-14-19(31(28,29)16-7-4-3-5-8-16)20(25-12-6-9-17(25)21(27)30-2)26(24-14)15-10-11-23-18(22)13-15/h3-5,7-8,10-11,13,17H,6,9,12H2,1-2H3. The average molecular weight is 461 g/mol. The van der Waals surface area contributed by atoms with Crippen LogP contribution in [0.1, 0.15) is 18.5 Å². The Morgan fingerprint density at radius 3 is 2.65 bits per heavy atom. The van der Waals surface area contributed by atoms with Gasteiger partial charge in [-0.3, -0.25) is 0 Å². The highest BCUT2D eigenvalue weighted by Gasteiger charge is 2.39. The van der Waals surface area contributed by atoms with Crippen LogP contribution in [0.25, 0.3) is 5.69 Å². The second-order valence-corrected chi connectivity index (χ2v) is 9.45. The normalized spacial score (nSPS) is 16.5. The number of ether oxygens (including phenoxy) is 1. The highest BCUT2D eigenvalue weighted by atomic mass is 35.5. The molecule has 162 valence electrons. The van der Waals surface area contributed by atoms with Gasteiger partial charge >= 0.3 is 5.97 Å². The topological polar surface area (TPSA) is 94.4 Å². The van der Waals surface area contributed by atoms with Crippen molar-refractivity contribution in [1.82, 2.24) is 14.8 Å². The summed E-state index contributed by atoms with van der Waals surface area (Å²) in [5, 5.41) is 4.78. The summed E-state index contributed by atoms with van der Waals surface area (Å²) in [6, 6.07) is 10.8. The van der Waals surface area contributed by atoms with Crippen LogP contribution in [0.15, 0.2) is 58.5 Å². The summed E-state index contributed by atoms with van der Waals surface area (Å²) in [5.74, 6) is -0.102. The van der Waals surface area contributed by atoms with Gasteiger partial charge in [0.2, 0.25) is 9.84 Å². The minimum Gasteiger partial charge on any atom is -0.467 e. The van der Waals surface area contributed by atoms with E-state index in [4.69, 9.17) is 16.3 Å². The molecule has 0 spiro atoms. The minimum absolute atomic E-state index is 0.0578. The zero-order valence-corrected chi connectivity index (χ0v) is 18.6. The van der Waals surface area contributed by atoms with Crippen LogP contribution in [0.2, 0.25) is 5.15 Å². The number of pyridine rings is 1. The molecule has 8 nitrogen and oxygen atoms in total. The fraction of sp³-hybridized carbons (Fsp3) is 0.286. The van der Waals surface area contributed by atoms with Gasteiger partial charge in [-0.1, -0.05) is 29.8 Å². The number of halogens is 1. The van der Waals surface area contributed by atoms with Gasteiger partial charge in [0.1, 0.15) is 16.1 Å². The van der Waals surface area contributed by atoms with Gasteiger partial charge in [0.25, 0.3) is 0 Å². The first-order chi connectivity index (χ1) is 14.8. The van der Waals surface area contributed by atoms with E-state index in [0.29, 0.717) is 36.6 Å². The van der Waals surface area contributed by atoms with Crippen LogP contribution in [-0.4, -0.2) is 48.8 Å². The molecule has 0 aliphatic carbocycles. The van der Waals surface area contributed by atoms with Crippen LogP contribution in [0.4, 0.5) is 5.82 Å². The van der Waals surface area contributed by atoms with E-state index in [-0.39, 0.29) is 14.9 Å². The maximum absolute atomic E-state index is 13.7. The molecule has 4 rings (SSSR count). The summed E-state index contributed by atoms with van der Waals surface area (Å²) in [6.07, 6.45) is 2.79. The summed E-state index contributed by atoms with van der Waals surface area (Å²) in [4.78, 5) is 18.4. The number of benzene rings is 1. The third kappa shape index (κ3) is 3.79. The first-order valence-electron chi connectivity index (χ1n) is 9.70. The van der Waals surface area contributed by atoms with E-state index in [1.807, 2.05) is 0 Å². The Labute approximate surface area is 185 Å². The van der Waals surface area contributed by atoms with Crippen LogP contribution in [0.5, 0.6) is 0 Å². The molecule has 0 radical (unpaired) electrons. The molecule has 0 saturated carbocycles. The van der Waals surface area contributed by atoms with Gasteiger partial charge in [0.05, 0.1) is 23.4 Å².